The number of benzene rings is 3. The molecule has 2 amide bonds. The Hall–Kier alpha value is -4.36. The van der Waals surface area contributed by atoms with E-state index in [9.17, 15) is 9.18 Å². The Labute approximate surface area is 224 Å². The summed E-state index contributed by atoms with van der Waals surface area (Å²) in [6.45, 7) is 4.32. The summed E-state index contributed by atoms with van der Waals surface area (Å²) in [5.41, 5.74) is 6.13. The van der Waals surface area contributed by atoms with Gasteiger partial charge in [-0.3, -0.25) is 0 Å². The van der Waals surface area contributed by atoms with Crippen LogP contribution in [0.5, 0.6) is 0 Å². The monoisotopic (exact) mass is 525 g/mol. The molecule has 38 heavy (non-hydrogen) atoms. The van der Waals surface area contributed by atoms with Crippen LogP contribution in [-0.2, 0) is 6.54 Å². The van der Waals surface area contributed by atoms with Crippen LogP contribution in [0.4, 0.5) is 14.9 Å². The second-order valence-corrected chi connectivity index (χ2v) is 9.85. The van der Waals surface area contributed by atoms with Crippen molar-refractivity contribution in [1.29, 1.82) is 0 Å². The van der Waals surface area contributed by atoms with Crippen LogP contribution in [0.2, 0.25) is 5.02 Å². The van der Waals surface area contributed by atoms with E-state index in [0.717, 1.165) is 39.6 Å². The molecule has 0 fully saturated rings. The highest BCUT2D eigenvalue weighted by atomic mass is 35.5. The second kappa shape index (κ2) is 9.50. The van der Waals surface area contributed by atoms with E-state index >= 15 is 0 Å². The van der Waals surface area contributed by atoms with Gasteiger partial charge in [0, 0.05) is 17.4 Å². The number of hydrogen-bond donors (Lipinski definition) is 1. The van der Waals surface area contributed by atoms with E-state index in [1.54, 1.807) is 4.90 Å². The fraction of sp³-hybridized carbons (Fsp3) is 0.133. The Balaban J connectivity index is 1.53. The number of para-hydroxylation sites is 1. The molecule has 1 atom stereocenters. The third kappa shape index (κ3) is 4.15. The van der Waals surface area contributed by atoms with Gasteiger partial charge in [-0.1, -0.05) is 59.6 Å². The van der Waals surface area contributed by atoms with Gasteiger partial charge in [-0.25, -0.2) is 13.9 Å². The summed E-state index contributed by atoms with van der Waals surface area (Å²) >= 11 is 6.00. The molecule has 0 radical (unpaired) electrons. The SMILES string of the molecule is Cc1cccc([C@H]2c3cccn3-c3c(c(C)nn3-c3ccccc3)CN2C(=O)Nc2ccc(F)c(Cl)c2)c1. The number of anilines is 1. The summed E-state index contributed by atoms with van der Waals surface area (Å²) in [7, 11) is 0. The molecule has 0 saturated carbocycles. The zero-order valence-electron chi connectivity index (χ0n) is 20.9. The third-order valence-corrected chi connectivity index (χ3v) is 7.17. The Morgan fingerprint density at radius 1 is 1.00 bits per heavy atom. The van der Waals surface area contributed by atoms with Crippen LogP contribution < -0.4 is 5.32 Å². The van der Waals surface area contributed by atoms with Crippen molar-refractivity contribution in [2.75, 3.05) is 5.32 Å². The van der Waals surface area contributed by atoms with Crippen LogP contribution in [0.15, 0.2) is 91.1 Å². The molecule has 190 valence electrons. The van der Waals surface area contributed by atoms with Gasteiger partial charge in [-0.05, 0) is 61.9 Å². The van der Waals surface area contributed by atoms with Gasteiger partial charge in [-0.2, -0.15) is 5.10 Å². The summed E-state index contributed by atoms with van der Waals surface area (Å²) in [4.78, 5) is 15.8. The van der Waals surface area contributed by atoms with Crippen LogP contribution >= 0.6 is 11.6 Å². The summed E-state index contributed by atoms with van der Waals surface area (Å²) in [6, 6.07) is 25.6. The molecular weight excluding hydrogens is 501 g/mol. The van der Waals surface area contributed by atoms with Gasteiger partial charge in [0.1, 0.15) is 11.6 Å². The molecule has 0 spiro atoms. The number of nitrogens with zero attached hydrogens (tertiary/aromatic N) is 4. The van der Waals surface area contributed by atoms with Crippen LogP contribution in [0.1, 0.15) is 34.1 Å². The Morgan fingerprint density at radius 2 is 1.82 bits per heavy atom. The van der Waals surface area contributed by atoms with E-state index < -0.39 is 11.9 Å². The largest absolute Gasteiger partial charge is 0.322 e. The van der Waals surface area contributed by atoms with Gasteiger partial charge in [0.15, 0.2) is 0 Å². The Bertz CT molecular complexity index is 1660. The number of carbonyl (C=O) groups is 1. The number of carbonyl (C=O) groups excluding carboxylic acids is 1. The quantitative estimate of drug-likeness (QED) is 0.270. The van der Waals surface area contributed by atoms with E-state index in [-0.39, 0.29) is 11.1 Å². The topological polar surface area (TPSA) is 55.1 Å². The molecule has 1 aliphatic heterocycles. The summed E-state index contributed by atoms with van der Waals surface area (Å²) < 4.78 is 17.8. The van der Waals surface area contributed by atoms with Crippen LogP contribution in [0, 0.1) is 19.7 Å². The molecule has 0 saturated heterocycles. The first-order valence-corrected chi connectivity index (χ1v) is 12.7. The van der Waals surface area contributed by atoms with Gasteiger partial charge < -0.3 is 14.8 Å². The maximum atomic E-state index is 14.0. The van der Waals surface area contributed by atoms with Crippen molar-refractivity contribution in [3.8, 4) is 11.5 Å². The molecule has 0 unspecified atom stereocenters. The van der Waals surface area contributed by atoms with Crippen molar-refractivity contribution in [3.05, 3.63) is 130 Å². The smallest absolute Gasteiger partial charge is 0.308 e. The van der Waals surface area contributed by atoms with E-state index in [2.05, 4.69) is 16.0 Å². The highest BCUT2D eigenvalue weighted by molar-refractivity contribution is 6.31. The van der Waals surface area contributed by atoms with Crippen molar-refractivity contribution in [1.82, 2.24) is 19.2 Å². The number of amides is 2. The molecule has 1 N–H and O–H groups in total. The Kier molecular flexibility index (Phi) is 6.00. The lowest BCUT2D eigenvalue weighted by Crippen LogP contribution is -2.38. The maximum absolute atomic E-state index is 14.0. The van der Waals surface area contributed by atoms with E-state index in [4.69, 9.17) is 16.7 Å². The van der Waals surface area contributed by atoms with Crippen molar-refractivity contribution in [3.63, 3.8) is 0 Å². The third-order valence-electron chi connectivity index (χ3n) is 6.88. The van der Waals surface area contributed by atoms with E-state index in [1.165, 1.54) is 18.2 Å². The van der Waals surface area contributed by atoms with Gasteiger partial charge in [0.25, 0.3) is 0 Å². The molecule has 6 nitrogen and oxygen atoms in total. The number of aromatic nitrogens is 3. The molecule has 6 rings (SSSR count). The maximum Gasteiger partial charge on any atom is 0.322 e. The highest BCUT2D eigenvalue weighted by Gasteiger charge is 2.36. The van der Waals surface area contributed by atoms with E-state index in [0.29, 0.717) is 12.2 Å². The average Bonchev–Trinajstić information content (AvgIpc) is 3.47. The normalized spacial score (nSPS) is 14.5. The summed E-state index contributed by atoms with van der Waals surface area (Å²) in [6.07, 6.45) is 2.01. The van der Waals surface area contributed by atoms with Gasteiger partial charge in [0.05, 0.1) is 34.7 Å². The highest BCUT2D eigenvalue weighted by Crippen LogP contribution is 2.39. The first-order valence-electron chi connectivity index (χ1n) is 12.3. The predicted octanol–water partition coefficient (Wildman–Crippen LogP) is 7.21. The van der Waals surface area contributed by atoms with E-state index in [1.807, 2.05) is 85.4 Å². The van der Waals surface area contributed by atoms with Crippen molar-refractivity contribution in [2.45, 2.75) is 26.4 Å². The molecule has 1 aliphatic rings. The number of urea groups is 1. The summed E-state index contributed by atoms with van der Waals surface area (Å²) in [5.74, 6) is 0.356. The lowest BCUT2D eigenvalue weighted by molar-refractivity contribution is 0.194. The van der Waals surface area contributed by atoms with Gasteiger partial charge >= 0.3 is 6.03 Å². The molecule has 8 heteroatoms. The zero-order valence-corrected chi connectivity index (χ0v) is 21.7. The molecule has 0 bridgehead atoms. The molecular formula is C30H25ClFN5O. The second-order valence-electron chi connectivity index (χ2n) is 9.44. The number of rotatable bonds is 3. The number of fused-ring (bicyclic) bond motifs is 3. The van der Waals surface area contributed by atoms with Crippen molar-refractivity contribution in [2.24, 2.45) is 0 Å². The molecule has 3 heterocycles. The molecule has 0 aliphatic carbocycles. The van der Waals surface area contributed by atoms with Crippen molar-refractivity contribution >= 4 is 23.3 Å². The number of aryl methyl sites for hydroxylation is 2. The van der Waals surface area contributed by atoms with Gasteiger partial charge in [-0.15, -0.1) is 0 Å². The first-order chi connectivity index (χ1) is 18.4. The van der Waals surface area contributed by atoms with Crippen LogP contribution in [0.3, 0.4) is 0 Å². The number of nitrogens with one attached hydrogen (secondary N) is 1. The standard InChI is InChI=1S/C30H25ClFN5O/c1-19-8-6-9-21(16-19)28-27-12-7-15-35(27)29-24(20(2)34-37(29)23-10-4-3-5-11-23)18-36(28)30(38)33-22-13-14-26(32)25(31)17-22/h3-17,28H,18H2,1-2H3,(H,33,38)/t28-/m0/s1. The van der Waals surface area contributed by atoms with Crippen molar-refractivity contribution < 1.29 is 9.18 Å². The van der Waals surface area contributed by atoms with Gasteiger partial charge in [0.2, 0.25) is 0 Å². The zero-order chi connectivity index (χ0) is 26.4. The lowest BCUT2D eigenvalue weighted by Gasteiger charge is -2.31. The minimum atomic E-state index is -0.538. The molecule has 3 aromatic carbocycles. The fourth-order valence-electron chi connectivity index (χ4n) is 5.11. The Morgan fingerprint density at radius 3 is 2.58 bits per heavy atom. The minimum Gasteiger partial charge on any atom is -0.308 e. The summed E-state index contributed by atoms with van der Waals surface area (Å²) in [5, 5.41) is 7.75. The first kappa shape index (κ1) is 24.0. The number of halogens is 2. The average molecular weight is 526 g/mol. The molecule has 2 aromatic heterocycles. The fourth-order valence-corrected chi connectivity index (χ4v) is 5.29. The predicted molar refractivity (Wildman–Crippen MR) is 147 cm³/mol. The minimum absolute atomic E-state index is 0.0509. The van der Waals surface area contributed by atoms with Crippen LogP contribution in [0.25, 0.3) is 11.5 Å². The number of hydrogen-bond acceptors (Lipinski definition) is 2. The van der Waals surface area contributed by atoms with Crippen LogP contribution in [-0.4, -0.2) is 25.3 Å². The lowest BCUT2D eigenvalue weighted by atomic mass is 10.00. The molecule has 5 aromatic rings.